The van der Waals surface area contributed by atoms with Crippen LogP contribution < -0.4 is 19.1 Å². The first-order chi connectivity index (χ1) is 15.1. The highest BCUT2D eigenvalue weighted by molar-refractivity contribution is 7.92. The monoisotopic (exact) mass is 460 g/mol. The number of rotatable bonds is 7. The van der Waals surface area contributed by atoms with Gasteiger partial charge in [-0.1, -0.05) is 26.0 Å². The normalized spacial score (nSPS) is 16.8. The molecule has 32 heavy (non-hydrogen) atoms. The van der Waals surface area contributed by atoms with Gasteiger partial charge in [0.05, 0.1) is 31.1 Å². The minimum atomic E-state index is -3.55. The Morgan fingerprint density at radius 1 is 1.22 bits per heavy atom. The van der Waals surface area contributed by atoms with Crippen molar-refractivity contribution in [3.63, 3.8) is 0 Å². The molecule has 7 nitrogen and oxygen atoms in total. The smallest absolute Gasteiger partial charge is 0.263 e. The lowest BCUT2D eigenvalue weighted by Gasteiger charge is -2.35. The molecular weight excluding hydrogens is 428 g/mol. The molecule has 1 heterocycles. The summed E-state index contributed by atoms with van der Waals surface area (Å²) in [6.07, 6.45) is -0.947. The van der Waals surface area contributed by atoms with E-state index in [1.165, 1.54) is 4.31 Å². The topological polar surface area (TPSA) is 84.9 Å². The Labute approximate surface area is 190 Å². The van der Waals surface area contributed by atoms with Gasteiger partial charge in [0.1, 0.15) is 11.5 Å². The molecule has 0 bridgehead atoms. The lowest BCUT2D eigenvalue weighted by atomic mass is 9.93. The fraction of sp³-hybridized carbons (Fsp3) is 0.458. The number of para-hydroxylation sites is 2. The van der Waals surface area contributed by atoms with Crippen molar-refractivity contribution in [2.75, 3.05) is 23.7 Å². The average Bonchev–Trinajstić information content (AvgIpc) is 2.77. The maximum atomic E-state index is 13.1. The van der Waals surface area contributed by atoms with E-state index in [0.29, 0.717) is 11.4 Å². The van der Waals surface area contributed by atoms with Crippen LogP contribution in [0.3, 0.4) is 0 Å². The van der Waals surface area contributed by atoms with E-state index in [0.717, 1.165) is 22.4 Å². The number of nitrogens with zero attached hydrogens (tertiary/aromatic N) is 1. The zero-order valence-electron chi connectivity index (χ0n) is 19.5. The van der Waals surface area contributed by atoms with Crippen LogP contribution in [0, 0.1) is 6.92 Å². The highest BCUT2D eigenvalue weighted by Gasteiger charge is 2.36. The van der Waals surface area contributed by atoms with Gasteiger partial charge in [-0.3, -0.25) is 9.10 Å². The number of nitrogens with one attached hydrogen (secondary N) is 1. The summed E-state index contributed by atoms with van der Waals surface area (Å²) in [6, 6.07) is 10.6. The molecule has 0 unspecified atom stereocenters. The molecule has 0 aromatic heterocycles. The lowest BCUT2D eigenvalue weighted by Crippen LogP contribution is -2.51. The first-order valence-corrected chi connectivity index (χ1v) is 12.4. The molecule has 8 heteroatoms. The third-order valence-electron chi connectivity index (χ3n) is 5.79. The third-order valence-corrected chi connectivity index (χ3v) is 7.54. The SMILES string of the molecule is CCS(=O)(=O)N1C[C@@H](C(=O)N[C@@H](C)c2cc(C(C)C)c(OC)cc2C)Oc2ccccc21. The van der Waals surface area contributed by atoms with Crippen LogP contribution in [0.1, 0.15) is 56.3 Å². The Morgan fingerprint density at radius 3 is 2.53 bits per heavy atom. The van der Waals surface area contributed by atoms with Crippen molar-refractivity contribution < 1.29 is 22.7 Å². The molecule has 3 rings (SSSR count). The van der Waals surface area contributed by atoms with E-state index in [1.807, 2.05) is 19.9 Å². The van der Waals surface area contributed by atoms with E-state index in [4.69, 9.17) is 9.47 Å². The molecule has 1 N–H and O–H groups in total. The van der Waals surface area contributed by atoms with Gasteiger partial charge in [0.25, 0.3) is 5.91 Å². The van der Waals surface area contributed by atoms with Crippen LogP contribution in [0.25, 0.3) is 0 Å². The summed E-state index contributed by atoms with van der Waals surface area (Å²) in [5, 5.41) is 3.00. The molecule has 2 aromatic rings. The Bertz CT molecular complexity index is 1100. The highest BCUT2D eigenvalue weighted by Crippen LogP contribution is 2.36. The Morgan fingerprint density at radius 2 is 1.91 bits per heavy atom. The molecule has 0 radical (unpaired) electrons. The van der Waals surface area contributed by atoms with Crippen molar-refractivity contribution in [2.24, 2.45) is 0 Å². The quantitative estimate of drug-likeness (QED) is 0.677. The van der Waals surface area contributed by atoms with Crippen molar-refractivity contribution in [1.82, 2.24) is 5.32 Å². The fourth-order valence-corrected chi connectivity index (χ4v) is 5.08. The first-order valence-electron chi connectivity index (χ1n) is 10.8. The second-order valence-electron chi connectivity index (χ2n) is 8.34. The molecule has 0 spiro atoms. The number of amides is 1. The molecular formula is C24H32N2O5S. The van der Waals surface area contributed by atoms with Crippen molar-refractivity contribution in [3.8, 4) is 11.5 Å². The molecule has 2 atom stereocenters. The van der Waals surface area contributed by atoms with Crippen LogP contribution in [0.5, 0.6) is 11.5 Å². The molecule has 0 saturated heterocycles. The molecule has 0 aliphatic carbocycles. The summed E-state index contributed by atoms with van der Waals surface area (Å²) in [7, 11) is -1.90. The molecule has 0 fully saturated rings. The van der Waals surface area contributed by atoms with Gasteiger partial charge in [0, 0.05) is 0 Å². The van der Waals surface area contributed by atoms with Crippen molar-refractivity contribution >= 4 is 21.6 Å². The number of sulfonamides is 1. The Kier molecular flexibility index (Phi) is 7.03. The molecule has 1 aliphatic heterocycles. The molecule has 1 aliphatic rings. The maximum absolute atomic E-state index is 13.1. The second kappa shape index (κ2) is 9.40. The Hall–Kier alpha value is -2.74. The van der Waals surface area contributed by atoms with Crippen LogP contribution in [0.15, 0.2) is 36.4 Å². The molecule has 1 amide bonds. The van der Waals surface area contributed by atoms with Gasteiger partial charge >= 0.3 is 0 Å². The van der Waals surface area contributed by atoms with E-state index in [-0.39, 0.29) is 30.2 Å². The fourth-order valence-electron chi connectivity index (χ4n) is 3.95. The average molecular weight is 461 g/mol. The predicted molar refractivity (Wildman–Crippen MR) is 126 cm³/mol. The van der Waals surface area contributed by atoms with Gasteiger partial charge in [-0.05, 0) is 67.6 Å². The number of methoxy groups -OCH3 is 1. The number of hydrogen-bond donors (Lipinski definition) is 1. The largest absolute Gasteiger partial charge is 0.496 e. The number of benzene rings is 2. The minimum absolute atomic E-state index is 0.0604. The third kappa shape index (κ3) is 4.70. The lowest BCUT2D eigenvalue weighted by molar-refractivity contribution is -0.128. The highest BCUT2D eigenvalue weighted by atomic mass is 32.2. The van der Waals surface area contributed by atoms with E-state index < -0.39 is 16.1 Å². The predicted octanol–water partition coefficient (Wildman–Crippen LogP) is 3.92. The van der Waals surface area contributed by atoms with Crippen LogP contribution in [-0.4, -0.2) is 39.8 Å². The van der Waals surface area contributed by atoms with Gasteiger partial charge in [-0.25, -0.2) is 8.42 Å². The Balaban J connectivity index is 1.85. The van der Waals surface area contributed by atoms with Gasteiger partial charge in [-0.2, -0.15) is 0 Å². The van der Waals surface area contributed by atoms with Crippen molar-refractivity contribution in [3.05, 3.63) is 53.1 Å². The van der Waals surface area contributed by atoms with Crippen LogP contribution in [0.2, 0.25) is 0 Å². The van der Waals surface area contributed by atoms with E-state index in [1.54, 1.807) is 38.3 Å². The van der Waals surface area contributed by atoms with Gasteiger partial charge in [-0.15, -0.1) is 0 Å². The minimum Gasteiger partial charge on any atom is -0.496 e. The van der Waals surface area contributed by atoms with Crippen LogP contribution in [-0.2, 0) is 14.8 Å². The van der Waals surface area contributed by atoms with Crippen LogP contribution >= 0.6 is 0 Å². The molecule has 2 aromatic carbocycles. The summed E-state index contributed by atoms with van der Waals surface area (Å²) >= 11 is 0. The van der Waals surface area contributed by atoms with Crippen LogP contribution in [0.4, 0.5) is 5.69 Å². The second-order valence-corrected chi connectivity index (χ2v) is 10.5. The number of ether oxygens (including phenoxy) is 2. The number of hydrogen-bond acceptors (Lipinski definition) is 5. The zero-order chi connectivity index (χ0) is 23.6. The summed E-state index contributed by atoms with van der Waals surface area (Å²) in [6.45, 7) is 9.60. The van der Waals surface area contributed by atoms with Gasteiger partial charge < -0.3 is 14.8 Å². The number of aryl methyl sites for hydroxylation is 1. The molecule has 174 valence electrons. The zero-order valence-corrected chi connectivity index (χ0v) is 20.3. The maximum Gasteiger partial charge on any atom is 0.263 e. The van der Waals surface area contributed by atoms with E-state index >= 15 is 0 Å². The number of fused-ring (bicyclic) bond motifs is 1. The summed E-state index contributed by atoms with van der Waals surface area (Å²) in [4.78, 5) is 13.1. The summed E-state index contributed by atoms with van der Waals surface area (Å²) in [5.41, 5.74) is 3.51. The number of anilines is 1. The van der Waals surface area contributed by atoms with E-state index in [2.05, 4.69) is 25.2 Å². The van der Waals surface area contributed by atoms with Gasteiger partial charge in [0.2, 0.25) is 10.0 Å². The number of carbonyl (C=O) groups excluding carboxylic acids is 1. The standard InChI is InChI=1S/C24H32N2O5S/c1-7-32(28,29)26-14-23(31-21-11-9-8-10-20(21)26)24(27)25-17(5)19-13-18(15(2)3)22(30-6)12-16(19)4/h8-13,15,17,23H,7,14H2,1-6H3,(H,25,27)/t17-,23-/m0/s1. The summed E-state index contributed by atoms with van der Waals surface area (Å²) < 4.78 is 38.0. The molecule has 0 saturated carbocycles. The van der Waals surface area contributed by atoms with Gasteiger partial charge in [0.15, 0.2) is 6.10 Å². The van der Waals surface area contributed by atoms with Crippen molar-refractivity contribution in [1.29, 1.82) is 0 Å². The van der Waals surface area contributed by atoms with E-state index in [9.17, 15) is 13.2 Å². The number of carbonyl (C=O) groups is 1. The van der Waals surface area contributed by atoms with Crippen molar-refractivity contribution in [2.45, 2.75) is 52.7 Å². The first kappa shape index (κ1) is 23.9. The summed E-state index contributed by atoms with van der Waals surface area (Å²) in [5.74, 6) is 1.05.